The van der Waals surface area contributed by atoms with Crippen LogP contribution in [0, 0.1) is 0 Å². The molecule has 1 atom stereocenters. The number of hydrogen-bond acceptors (Lipinski definition) is 4. The van der Waals surface area contributed by atoms with E-state index < -0.39 is 22.1 Å². The lowest BCUT2D eigenvalue weighted by molar-refractivity contribution is -0.147. The van der Waals surface area contributed by atoms with E-state index in [9.17, 15) is 13.2 Å². The molecule has 0 spiro atoms. The van der Waals surface area contributed by atoms with Gasteiger partial charge in [0.05, 0.1) is 4.90 Å². The molecule has 1 unspecified atom stereocenters. The number of rotatable bonds is 6. The van der Waals surface area contributed by atoms with Crippen molar-refractivity contribution in [2.45, 2.75) is 11.0 Å². The minimum Gasteiger partial charge on any atom is -0.479 e. The van der Waals surface area contributed by atoms with Gasteiger partial charge in [-0.3, -0.25) is 0 Å². The SMILES string of the molecule is COC(CNS(=O)(=O)c1cccc2ccccc12)C(=O)O. The Hall–Kier alpha value is -1.96. The van der Waals surface area contributed by atoms with E-state index in [1.165, 1.54) is 13.2 Å². The Bertz CT molecular complexity index is 752. The van der Waals surface area contributed by atoms with E-state index in [1.807, 2.05) is 18.2 Å². The van der Waals surface area contributed by atoms with Gasteiger partial charge in [-0.25, -0.2) is 17.9 Å². The Labute approximate surface area is 122 Å². The number of methoxy groups -OCH3 is 1. The van der Waals surface area contributed by atoms with Crippen molar-refractivity contribution >= 4 is 26.8 Å². The number of benzene rings is 2. The fraction of sp³-hybridized carbons (Fsp3) is 0.214. The van der Waals surface area contributed by atoms with Crippen molar-refractivity contribution < 1.29 is 23.1 Å². The Balaban J connectivity index is 2.32. The number of carboxylic acids is 1. The first-order valence-corrected chi connectivity index (χ1v) is 7.67. The predicted molar refractivity (Wildman–Crippen MR) is 77.6 cm³/mol. The third kappa shape index (κ3) is 3.38. The summed E-state index contributed by atoms with van der Waals surface area (Å²) in [4.78, 5) is 10.9. The zero-order valence-corrected chi connectivity index (χ0v) is 12.1. The van der Waals surface area contributed by atoms with Crippen molar-refractivity contribution in [3.05, 3.63) is 42.5 Å². The van der Waals surface area contributed by atoms with E-state index in [0.29, 0.717) is 5.39 Å². The number of nitrogens with one attached hydrogen (secondary N) is 1. The molecule has 0 aromatic heterocycles. The first kappa shape index (κ1) is 15.4. The molecule has 0 amide bonds. The molecule has 7 heteroatoms. The molecule has 112 valence electrons. The molecule has 0 aliphatic carbocycles. The van der Waals surface area contributed by atoms with Gasteiger partial charge in [0.15, 0.2) is 6.10 Å². The number of fused-ring (bicyclic) bond motifs is 1. The molecule has 2 rings (SSSR count). The summed E-state index contributed by atoms with van der Waals surface area (Å²) in [7, 11) is -2.61. The number of sulfonamides is 1. The minimum atomic E-state index is -3.82. The lowest BCUT2D eigenvalue weighted by atomic mass is 10.1. The summed E-state index contributed by atoms with van der Waals surface area (Å²) >= 11 is 0. The third-order valence-corrected chi connectivity index (χ3v) is 4.54. The summed E-state index contributed by atoms with van der Waals surface area (Å²) in [5.41, 5.74) is 0. The van der Waals surface area contributed by atoms with E-state index in [0.717, 1.165) is 5.39 Å². The second kappa shape index (κ2) is 6.21. The molecule has 2 aromatic rings. The zero-order chi connectivity index (χ0) is 15.5. The Morgan fingerprint density at radius 1 is 1.24 bits per heavy atom. The summed E-state index contributed by atoms with van der Waals surface area (Å²) in [5.74, 6) is -1.22. The highest BCUT2D eigenvalue weighted by molar-refractivity contribution is 7.89. The van der Waals surface area contributed by atoms with Crippen molar-refractivity contribution in [1.29, 1.82) is 0 Å². The summed E-state index contributed by atoms with van der Waals surface area (Å²) in [5, 5.41) is 10.2. The van der Waals surface area contributed by atoms with E-state index in [1.54, 1.807) is 18.2 Å². The van der Waals surface area contributed by atoms with Crippen LogP contribution in [0.3, 0.4) is 0 Å². The summed E-state index contributed by atoms with van der Waals surface area (Å²) in [6.07, 6.45) is -1.23. The minimum absolute atomic E-state index is 0.112. The second-order valence-corrected chi connectivity index (χ2v) is 6.13. The molecule has 2 aromatic carbocycles. The number of carbonyl (C=O) groups is 1. The normalized spacial score (nSPS) is 13.2. The van der Waals surface area contributed by atoms with Crippen molar-refractivity contribution in [2.75, 3.05) is 13.7 Å². The van der Waals surface area contributed by atoms with Gasteiger partial charge in [-0.2, -0.15) is 0 Å². The molecule has 0 heterocycles. The van der Waals surface area contributed by atoms with Crippen molar-refractivity contribution in [3.8, 4) is 0 Å². The van der Waals surface area contributed by atoms with Gasteiger partial charge in [-0.1, -0.05) is 36.4 Å². The Kier molecular flexibility index (Phi) is 4.56. The van der Waals surface area contributed by atoms with Crippen LogP contribution in [0.15, 0.2) is 47.4 Å². The van der Waals surface area contributed by atoms with Crippen LogP contribution in [-0.4, -0.2) is 39.3 Å². The van der Waals surface area contributed by atoms with Gasteiger partial charge in [-0.05, 0) is 11.5 Å². The second-order valence-electron chi connectivity index (χ2n) is 4.39. The van der Waals surface area contributed by atoms with Crippen LogP contribution in [-0.2, 0) is 19.6 Å². The van der Waals surface area contributed by atoms with Gasteiger partial charge in [-0.15, -0.1) is 0 Å². The van der Waals surface area contributed by atoms with Crippen molar-refractivity contribution in [1.82, 2.24) is 4.72 Å². The van der Waals surface area contributed by atoms with Crippen LogP contribution in [0.2, 0.25) is 0 Å². The molecule has 0 fully saturated rings. The maximum atomic E-state index is 12.3. The van der Waals surface area contributed by atoms with Crippen molar-refractivity contribution in [2.24, 2.45) is 0 Å². The Morgan fingerprint density at radius 3 is 2.57 bits per heavy atom. The van der Waals surface area contributed by atoms with Gasteiger partial charge in [0.2, 0.25) is 10.0 Å². The lowest BCUT2D eigenvalue weighted by Gasteiger charge is -2.13. The van der Waals surface area contributed by atoms with E-state index in [4.69, 9.17) is 9.84 Å². The Morgan fingerprint density at radius 2 is 1.90 bits per heavy atom. The monoisotopic (exact) mass is 309 g/mol. The first-order chi connectivity index (χ1) is 9.95. The highest BCUT2D eigenvalue weighted by Crippen LogP contribution is 2.22. The van der Waals surface area contributed by atoms with Crippen LogP contribution >= 0.6 is 0 Å². The van der Waals surface area contributed by atoms with Gasteiger partial charge in [0.1, 0.15) is 0 Å². The smallest absolute Gasteiger partial charge is 0.334 e. The summed E-state index contributed by atoms with van der Waals surface area (Å²) in [6, 6.07) is 12.0. The zero-order valence-electron chi connectivity index (χ0n) is 11.3. The van der Waals surface area contributed by atoms with E-state index in [-0.39, 0.29) is 11.4 Å². The van der Waals surface area contributed by atoms with Crippen LogP contribution in [0.4, 0.5) is 0 Å². The topological polar surface area (TPSA) is 92.7 Å². The third-order valence-electron chi connectivity index (χ3n) is 3.06. The predicted octanol–water partition coefficient (Wildman–Crippen LogP) is 1.22. The number of carboxylic acid groups (broad SMARTS) is 1. The van der Waals surface area contributed by atoms with Gasteiger partial charge >= 0.3 is 5.97 Å². The largest absolute Gasteiger partial charge is 0.479 e. The molecule has 2 N–H and O–H groups in total. The fourth-order valence-electron chi connectivity index (χ4n) is 1.96. The summed E-state index contributed by atoms with van der Waals surface area (Å²) in [6.45, 7) is -0.336. The number of ether oxygens (including phenoxy) is 1. The van der Waals surface area contributed by atoms with E-state index in [2.05, 4.69) is 4.72 Å². The molecule has 0 bridgehead atoms. The maximum Gasteiger partial charge on any atom is 0.334 e. The standard InChI is InChI=1S/C14H15NO5S/c1-20-12(14(16)17)9-15-21(18,19)13-8-4-6-10-5-2-3-7-11(10)13/h2-8,12,15H,9H2,1H3,(H,16,17). The first-order valence-electron chi connectivity index (χ1n) is 6.19. The van der Waals surface area contributed by atoms with Crippen LogP contribution in [0.25, 0.3) is 10.8 Å². The van der Waals surface area contributed by atoms with Crippen LogP contribution in [0.1, 0.15) is 0 Å². The van der Waals surface area contributed by atoms with Crippen LogP contribution in [0.5, 0.6) is 0 Å². The average Bonchev–Trinajstić information content (AvgIpc) is 2.46. The molecular formula is C14H15NO5S. The van der Waals surface area contributed by atoms with Crippen LogP contribution < -0.4 is 4.72 Å². The molecule has 6 nitrogen and oxygen atoms in total. The lowest BCUT2D eigenvalue weighted by Crippen LogP contribution is -2.37. The maximum absolute atomic E-state index is 12.3. The molecule has 21 heavy (non-hydrogen) atoms. The average molecular weight is 309 g/mol. The molecule has 0 saturated carbocycles. The number of aliphatic carboxylic acids is 1. The highest BCUT2D eigenvalue weighted by Gasteiger charge is 2.22. The molecule has 0 aliphatic heterocycles. The molecule has 0 saturated heterocycles. The van der Waals surface area contributed by atoms with Crippen molar-refractivity contribution in [3.63, 3.8) is 0 Å². The van der Waals surface area contributed by atoms with Gasteiger partial charge < -0.3 is 9.84 Å². The summed E-state index contributed by atoms with van der Waals surface area (Å²) < 4.78 is 31.6. The number of hydrogen-bond donors (Lipinski definition) is 2. The van der Waals surface area contributed by atoms with E-state index >= 15 is 0 Å². The fourth-order valence-corrected chi connectivity index (χ4v) is 3.22. The quantitative estimate of drug-likeness (QED) is 0.837. The van der Waals surface area contributed by atoms with Gasteiger partial charge in [0, 0.05) is 19.0 Å². The molecule has 0 radical (unpaired) electrons. The highest BCUT2D eigenvalue weighted by atomic mass is 32.2. The molecular weight excluding hydrogens is 294 g/mol. The van der Waals surface area contributed by atoms with Gasteiger partial charge in [0.25, 0.3) is 0 Å². The molecule has 0 aliphatic rings.